The average Bonchev–Trinajstić information content (AvgIpc) is 2.93. The number of pyridine rings is 2. The molecule has 2 aromatic heterocycles. The second-order valence-corrected chi connectivity index (χ2v) is 6.94. The highest BCUT2D eigenvalue weighted by atomic mass is 19.1. The number of fused-ring (bicyclic) bond motifs is 1. The molecule has 0 spiro atoms. The Kier molecular flexibility index (Phi) is 4.28. The Morgan fingerprint density at radius 3 is 2.64 bits per heavy atom. The lowest BCUT2D eigenvalue weighted by Gasteiger charge is -2.24. The second-order valence-electron chi connectivity index (χ2n) is 6.94. The molecule has 0 amide bonds. The van der Waals surface area contributed by atoms with Crippen LogP contribution in [0.1, 0.15) is 47.7 Å². The number of carboxylic acid groups (broad SMARTS) is 1. The van der Waals surface area contributed by atoms with Crippen LogP contribution in [-0.4, -0.2) is 34.6 Å². The van der Waals surface area contributed by atoms with E-state index in [1.54, 1.807) is 6.92 Å². The molecule has 0 unspecified atom stereocenters. The molecule has 1 atom stereocenters. The van der Waals surface area contributed by atoms with Crippen LogP contribution in [0.5, 0.6) is 0 Å². The lowest BCUT2D eigenvalue weighted by atomic mass is 9.97. The van der Waals surface area contributed by atoms with Gasteiger partial charge in [-0.1, -0.05) is 13.8 Å². The van der Waals surface area contributed by atoms with Crippen molar-refractivity contribution in [1.82, 2.24) is 4.40 Å². The number of carboxylic acids is 1. The van der Waals surface area contributed by atoms with Gasteiger partial charge in [0.15, 0.2) is 5.82 Å². The number of carbonyl (C=O) groups is 1. The molecular formula is C18H22FN3O3. The van der Waals surface area contributed by atoms with Gasteiger partial charge in [-0.3, -0.25) is 9.20 Å². The zero-order valence-electron chi connectivity index (χ0n) is 14.5. The number of nitrogens with two attached hydrogens (primary N) is 1. The average molecular weight is 347 g/mol. The van der Waals surface area contributed by atoms with Crippen LogP contribution in [0.15, 0.2) is 17.1 Å². The smallest absolute Gasteiger partial charge is 0.341 e. The van der Waals surface area contributed by atoms with Crippen LogP contribution >= 0.6 is 0 Å². The van der Waals surface area contributed by atoms with Crippen molar-refractivity contribution in [3.63, 3.8) is 0 Å². The van der Waals surface area contributed by atoms with Crippen LogP contribution in [0.2, 0.25) is 0 Å². The number of anilines is 1. The molecule has 2 aromatic rings. The third kappa shape index (κ3) is 2.78. The SMILES string of the molecule is Cc1c(N2CC[C@H](N)C2)c(F)cn2c(=O)c(C(=O)O)cc(C(C)C)c12. The predicted molar refractivity (Wildman–Crippen MR) is 94.2 cm³/mol. The standard InChI is InChI=1S/C18H22FN3O3/c1-9(2)12-6-13(18(24)25)17(23)22-8-14(19)16(10(3)15(12)22)21-5-4-11(20)7-21/h6,8-9,11H,4-5,7,20H2,1-3H3,(H,24,25)/t11-/m0/s1. The summed E-state index contributed by atoms with van der Waals surface area (Å²) < 4.78 is 15.9. The van der Waals surface area contributed by atoms with Crippen molar-refractivity contribution in [2.45, 2.75) is 39.2 Å². The molecule has 0 radical (unpaired) electrons. The molecule has 0 aromatic carbocycles. The third-order valence-electron chi connectivity index (χ3n) is 4.84. The van der Waals surface area contributed by atoms with E-state index in [0.29, 0.717) is 35.4 Å². The first-order chi connectivity index (χ1) is 11.7. The maximum absolute atomic E-state index is 14.8. The number of aromatic carboxylic acids is 1. The number of halogens is 1. The van der Waals surface area contributed by atoms with E-state index < -0.39 is 17.3 Å². The van der Waals surface area contributed by atoms with Crippen LogP contribution in [0.25, 0.3) is 5.52 Å². The zero-order valence-corrected chi connectivity index (χ0v) is 14.5. The molecule has 0 aliphatic carbocycles. The van der Waals surface area contributed by atoms with Gasteiger partial charge in [-0.2, -0.15) is 0 Å². The van der Waals surface area contributed by atoms with E-state index in [1.807, 2.05) is 18.7 Å². The first-order valence-electron chi connectivity index (χ1n) is 8.34. The molecule has 0 bridgehead atoms. The molecule has 3 heterocycles. The van der Waals surface area contributed by atoms with Crippen molar-refractivity contribution in [1.29, 1.82) is 0 Å². The summed E-state index contributed by atoms with van der Waals surface area (Å²) in [6, 6.07) is 1.41. The summed E-state index contributed by atoms with van der Waals surface area (Å²) in [5.41, 5.74) is 7.22. The highest BCUT2D eigenvalue weighted by Crippen LogP contribution is 2.33. The molecule has 134 valence electrons. The van der Waals surface area contributed by atoms with Gasteiger partial charge in [0.1, 0.15) is 5.56 Å². The molecule has 6 nitrogen and oxygen atoms in total. The van der Waals surface area contributed by atoms with Gasteiger partial charge in [0.05, 0.1) is 17.4 Å². The Bertz CT molecular complexity index is 920. The van der Waals surface area contributed by atoms with Crippen LogP contribution in [-0.2, 0) is 0 Å². The minimum absolute atomic E-state index is 0.00354. The maximum atomic E-state index is 14.8. The monoisotopic (exact) mass is 347 g/mol. The quantitative estimate of drug-likeness (QED) is 0.888. The Morgan fingerprint density at radius 1 is 1.44 bits per heavy atom. The van der Waals surface area contributed by atoms with E-state index in [2.05, 4.69) is 0 Å². The zero-order chi connectivity index (χ0) is 18.5. The number of aryl methyl sites for hydroxylation is 1. The van der Waals surface area contributed by atoms with Crippen molar-refractivity contribution in [3.05, 3.63) is 45.1 Å². The minimum atomic E-state index is -1.31. The van der Waals surface area contributed by atoms with E-state index in [9.17, 15) is 19.1 Å². The van der Waals surface area contributed by atoms with Crippen molar-refractivity contribution in [2.24, 2.45) is 5.73 Å². The van der Waals surface area contributed by atoms with E-state index in [-0.39, 0.29) is 17.5 Å². The van der Waals surface area contributed by atoms with Gasteiger partial charge in [-0.15, -0.1) is 0 Å². The van der Waals surface area contributed by atoms with E-state index in [0.717, 1.165) is 17.0 Å². The molecule has 1 aliphatic rings. The molecule has 1 saturated heterocycles. The fraction of sp³-hybridized carbons (Fsp3) is 0.444. The van der Waals surface area contributed by atoms with E-state index in [1.165, 1.54) is 6.07 Å². The Hall–Kier alpha value is -2.41. The van der Waals surface area contributed by atoms with Gasteiger partial charge < -0.3 is 15.7 Å². The Labute approximate surface area is 144 Å². The van der Waals surface area contributed by atoms with Gasteiger partial charge in [0.25, 0.3) is 5.56 Å². The summed E-state index contributed by atoms with van der Waals surface area (Å²) in [5, 5.41) is 9.30. The predicted octanol–water partition coefficient (Wildman–Crippen LogP) is 2.11. The summed E-state index contributed by atoms with van der Waals surface area (Å²) in [6.45, 7) is 6.81. The van der Waals surface area contributed by atoms with E-state index in [4.69, 9.17) is 5.73 Å². The lowest BCUT2D eigenvalue weighted by Crippen LogP contribution is -2.29. The van der Waals surface area contributed by atoms with Gasteiger partial charge in [-0.25, -0.2) is 9.18 Å². The van der Waals surface area contributed by atoms with Crippen LogP contribution in [0, 0.1) is 12.7 Å². The van der Waals surface area contributed by atoms with Crippen molar-refractivity contribution in [3.8, 4) is 0 Å². The van der Waals surface area contributed by atoms with Crippen LogP contribution in [0.4, 0.5) is 10.1 Å². The number of hydrogen-bond donors (Lipinski definition) is 2. The summed E-state index contributed by atoms with van der Waals surface area (Å²) in [5.74, 6) is -1.88. The van der Waals surface area contributed by atoms with Crippen molar-refractivity contribution < 1.29 is 14.3 Å². The largest absolute Gasteiger partial charge is 0.477 e. The Morgan fingerprint density at radius 2 is 2.12 bits per heavy atom. The maximum Gasteiger partial charge on any atom is 0.341 e. The highest BCUT2D eigenvalue weighted by molar-refractivity contribution is 5.89. The summed E-state index contributed by atoms with van der Waals surface area (Å²) in [6.07, 6.45) is 1.88. The lowest BCUT2D eigenvalue weighted by molar-refractivity contribution is 0.0694. The highest BCUT2D eigenvalue weighted by Gasteiger charge is 2.27. The van der Waals surface area contributed by atoms with Gasteiger partial charge in [-0.05, 0) is 36.5 Å². The number of nitrogens with zero attached hydrogens (tertiary/aromatic N) is 2. The molecule has 25 heavy (non-hydrogen) atoms. The first kappa shape index (κ1) is 17.4. The van der Waals surface area contributed by atoms with Crippen molar-refractivity contribution in [2.75, 3.05) is 18.0 Å². The van der Waals surface area contributed by atoms with Gasteiger partial charge >= 0.3 is 5.97 Å². The molecule has 0 saturated carbocycles. The Balaban J connectivity index is 2.38. The van der Waals surface area contributed by atoms with Crippen molar-refractivity contribution >= 4 is 17.2 Å². The molecule has 1 fully saturated rings. The molecule has 3 N–H and O–H groups in total. The molecule has 1 aliphatic heterocycles. The topological polar surface area (TPSA) is 88.0 Å². The summed E-state index contributed by atoms with van der Waals surface area (Å²) in [7, 11) is 0. The molecular weight excluding hydrogens is 325 g/mol. The fourth-order valence-electron chi connectivity index (χ4n) is 3.61. The van der Waals surface area contributed by atoms with Crippen LogP contribution in [0.3, 0.4) is 0 Å². The number of hydrogen-bond acceptors (Lipinski definition) is 4. The summed E-state index contributed by atoms with van der Waals surface area (Å²) >= 11 is 0. The van der Waals surface area contributed by atoms with E-state index >= 15 is 0 Å². The first-order valence-corrected chi connectivity index (χ1v) is 8.34. The van der Waals surface area contributed by atoms with Crippen LogP contribution < -0.4 is 16.2 Å². The fourth-order valence-corrected chi connectivity index (χ4v) is 3.61. The van der Waals surface area contributed by atoms with Gasteiger partial charge in [0.2, 0.25) is 0 Å². The minimum Gasteiger partial charge on any atom is -0.477 e. The van der Waals surface area contributed by atoms with Gasteiger partial charge in [0, 0.05) is 19.1 Å². The molecule has 7 heteroatoms. The number of rotatable bonds is 3. The second kappa shape index (κ2) is 6.15. The summed E-state index contributed by atoms with van der Waals surface area (Å²) in [4.78, 5) is 25.8. The molecule has 3 rings (SSSR count). The third-order valence-corrected chi connectivity index (χ3v) is 4.84. The normalized spacial score (nSPS) is 17.7. The number of aromatic nitrogens is 1.